The van der Waals surface area contributed by atoms with Gasteiger partial charge in [0.25, 0.3) is 11.8 Å². The van der Waals surface area contributed by atoms with Crippen LogP contribution in [0, 0.1) is 6.92 Å². The van der Waals surface area contributed by atoms with E-state index in [1.54, 1.807) is 54.6 Å². The van der Waals surface area contributed by atoms with Crippen LogP contribution in [0.5, 0.6) is 5.75 Å². The van der Waals surface area contributed by atoms with Crippen molar-refractivity contribution in [1.82, 2.24) is 5.32 Å². The predicted molar refractivity (Wildman–Crippen MR) is 132 cm³/mol. The number of rotatable bonds is 6. The number of barbiturate groups is 1. The fourth-order valence-electron chi connectivity index (χ4n) is 3.45. The molecule has 0 bridgehead atoms. The molecule has 1 fully saturated rings. The highest BCUT2D eigenvalue weighted by atomic mass is 79.9. The molecule has 0 aliphatic carbocycles. The van der Waals surface area contributed by atoms with Gasteiger partial charge in [-0.2, -0.15) is 0 Å². The first kappa shape index (κ1) is 23.9. The minimum absolute atomic E-state index is 0.142. The zero-order valence-electron chi connectivity index (χ0n) is 18.4. The van der Waals surface area contributed by atoms with Crippen LogP contribution in [0.4, 0.5) is 10.5 Å². The van der Waals surface area contributed by atoms with Gasteiger partial charge < -0.3 is 9.84 Å². The van der Waals surface area contributed by atoms with Gasteiger partial charge >= 0.3 is 12.0 Å². The summed E-state index contributed by atoms with van der Waals surface area (Å²) in [7, 11) is 0. The molecule has 8 nitrogen and oxygen atoms in total. The van der Waals surface area contributed by atoms with E-state index in [-0.39, 0.29) is 17.7 Å². The van der Waals surface area contributed by atoms with E-state index in [1.807, 2.05) is 6.92 Å². The number of aryl methyl sites for hydroxylation is 1. The number of carbonyl (C=O) groups excluding carboxylic acids is 3. The molecule has 3 aromatic carbocycles. The van der Waals surface area contributed by atoms with Crippen molar-refractivity contribution in [3.63, 3.8) is 0 Å². The van der Waals surface area contributed by atoms with E-state index in [1.165, 1.54) is 18.2 Å². The third kappa shape index (κ3) is 5.15. The van der Waals surface area contributed by atoms with Gasteiger partial charge in [0, 0.05) is 10.0 Å². The van der Waals surface area contributed by atoms with Gasteiger partial charge in [0.05, 0.1) is 11.3 Å². The number of para-hydroxylation sites is 1. The molecule has 1 heterocycles. The number of imide groups is 2. The predicted octanol–water partition coefficient (Wildman–Crippen LogP) is 4.70. The number of carboxylic acid groups (broad SMARTS) is 1. The number of carboxylic acids is 1. The average molecular weight is 535 g/mol. The van der Waals surface area contributed by atoms with E-state index in [9.17, 15) is 19.2 Å². The smallest absolute Gasteiger partial charge is 0.335 e. The van der Waals surface area contributed by atoms with Gasteiger partial charge in [-0.15, -0.1) is 0 Å². The lowest BCUT2D eigenvalue weighted by molar-refractivity contribution is -0.122. The van der Waals surface area contributed by atoms with E-state index in [0.717, 1.165) is 20.5 Å². The van der Waals surface area contributed by atoms with Crippen molar-refractivity contribution in [3.05, 3.63) is 99.0 Å². The summed E-state index contributed by atoms with van der Waals surface area (Å²) in [5, 5.41) is 11.2. The van der Waals surface area contributed by atoms with Gasteiger partial charge in [-0.25, -0.2) is 14.5 Å². The zero-order valence-corrected chi connectivity index (χ0v) is 20.0. The highest BCUT2D eigenvalue weighted by molar-refractivity contribution is 9.10. The lowest BCUT2D eigenvalue weighted by atomic mass is 10.1. The lowest BCUT2D eigenvalue weighted by Gasteiger charge is -2.26. The van der Waals surface area contributed by atoms with Gasteiger partial charge in [0.2, 0.25) is 0 Å². The molecule has 9 heteroatoms. The maximum absolute atomic E-state index is 13.2. The summed E-state index contributed by atoms with van der Waals surface area (Å²) >= 11 is 3.39. The molecule has 0 unspecified atom stereocenters. The van der Waals surface area contributed by atoms with E-state index in [4.69, 9.17) is 9.84 Å². The Balaban J connectivity index is 1.61. The van der Waals surface area contributed by atoms with E-state index < -0.39 is 23.8 Å². The first-order valence-corrected chi connectivity index (χ1v) is 11.3. The molecular formula is C26H19BrN2O6. The molecule has 176 valence electrons. The number of urea groups is 1. The Bertz CT molecular complexity index is 1380. The number of nitrogens with one attached hydrogen (secondary N) is 1. The maximum Gasteiger partial charge on any atom is 0.335 e. The fraction of sp³-hybridized carbons (Fsp3) is 0.0769. The number of anilines is 1. The minimum Gasteiger partial charge on any atom is -0.488 e. The molecule has 4 rings (SSSR count). The highest BCUT2D eigenvalue weighted by Crippen LogP contribution is 2.28. The van der Waals surface area contributed by atoms with Crippen LogP contribution in [0.1, 0.15) is 27.0 Å². The van der Waals surface area contributed by atoms with Gasteiger partial charge in [-0.05, 0) is 60.5 Å². The van der Waals surface area contributed by atoms with Crippen molar-refractivity contribution < 1.29 is 29.0 Å². The molecule has 1 aliphatic rings. The van der Waals surface area contributed by atoms with Crippen molar-refractivity contribution in [2.45, 2.75) is 13.5 Å². The highest BCUT2D eigenvalue weighted by Gasteiger charge is 2.37. The first-order valence-electron chi connectivity index (χ1n) is 10.5. The van der Waals surface area contributed by atoms with Crippen LogP contribution in [0.25, 0.3) is 6.08 Å². The third-order valence-electron chi connectivity index (χ3n) is 5.32. The monoisotopic (exact) mass is 534 g/mol. The molecule has 4 amide bonds. The molecule has 3 aromatic rings. The number of carbonyl (C=O) groups is 4. The SMILES string of the molecule is Cc1cc(N2C(=O)NC(=O)/C(=C\c3ccccc3OCc3ccc(C(=O)O)cc3)C2=O)ccc1Br. The number of halogens is 1. The van der Waals surface area contributed by atoms with Crippen LogP contribution < -0.4 is 15.0 Å². The molecular weight excluding hydrogens is 516 g/mol. The van der Waals surface area contributed by atoms with E-state index in [0.29, 0.717) is 17.0 Å². The summed E-state index contributed by atoms with van der Waals surface area (Å²) < 4.78 is 6.70. The summed E-state index contributed by atoms with van der Waals surface area (Å²) in [6.45, 7) is 1.97. The van der Waals surface area contributed by atoms with Crippen LogP contribution in [-0.2, 0) is 16.2 Å². The largest absolute Gasteiger partial charge is 0.488 e. The number of hydrogen-bond acceptors (Lipinski definition) is 5. The van der Waals surface area contributed by atoms with Gasteiger partial charge in [-0.3, -0.25) is 14.9 Å². The van der Waals surface area contributed by atoms with Crippen LogP contribution in [0.3, 0.4) is 0 Å². The number of benzene rings is 3. The summed E-state index contributed by atoms with van der Waals surface area (Å²) in [6.07, 6.45) is 1.38. The lowest BCUT2D eigenvalue weighted by Crippen LogP contribution is -2.54. The quantitative estimate of drug-likeness (QED) is 0.350. The second-order valence-electron chi connectivity index (χ2n) is 7.72. The Labute approximate surface area is 209 Å². The van der Waals surface area contributed by atoms with Crippen molar-refractivity contribution in [1.29, 1.82) is 0 Å². The first-order chi connectivity index (χ1) is 16.7. The van der Waals surface area contributed by atoms with Crippen molar-refractivity contribution in [2.24, 2.45) is 0 Å². The van der Waals surface area contributed by atoms with Crippen molar-refractivity contribution in [2.75, 3.05) is 4.90 Å². The third-order valence-corrected chi connectivity index (χ3v) is 6.21. The second kappa shape index (κ2) is 9.94. The Morgan fingerprint density at radius 1 is 1.06 bits per heavy atom. The van der Waals surface area contributed by atoms with Crippen LogP contribution in [-0.4, -0.2) is 28.9 Å². The molecule has 0 spiro atoms. The number of aromatic carboxylic acids is 1. The van der Waals surface area contributed by atoms with Crippen LogP contribution >= 0.6 is 15.9 Å². The normalized spacial score (nSPS) is 14.7. The van der Waals surface area contributed by atoms with Crippen molar-refractivity contribution >= 4 is 51.5 Å². The summed E-state index contributed by atoms with van der Waals surface area (Å²) in [6, 6.07) is 17.3. The zero-order chi connectivity index (χ0) is 25.1. The maximum atomic E-state index is 13.2. The van der Waals surface area contributed by atoms with Gasteiger partial charge in [0.1, 0.15) is 17.9 Å². The van der Waals surface area contributed by atoms with Gasteiger partial charge in [0.15, 0.2) is 0 Å². The topological polar surface area (TPSA) is 113 Å². The molecule has 2 N–H and O–H groups in total. The standard InChI is InChI=1S/C26H19BrN2O6/c1-15-12-19(10-11-21(15)27)29-24(31)20(23(30)28-26(29)34)13-18-4-2-3-5-22(18)35-14-16-6-8-17(9-7-16)25(32)33/h2-13H,14H2,1H3,(H,32,33)(H,28,30,34)/b20-13+. The van der Waals surface area contributed by atoms with Crippen molar-refractivity contribution in [3.8, 4) is 5.75 Å². The molecule has 0 aromatic heterocycles. The van der Waals surface area contributed by atoms with Gasteiger partial charge in [-0.1, -0.05) is 46.3 Å². The Morgan fingerprint density at radius 3 is 2.46 bits per heavy atom. The minimum atomic E-state index is -1.02. The Hall–Kier alpha value is -4.24. The fourth-order valence-corrected chi connectivity index (χ4v) is 3.70. The molecule has 35 heavy (non-hydrogen) atoms. The Kier molecular flexibility index (Phi) is 6.79. The molecule has 1 saturated heterocycles. The Morgan fingerprint density at radius 2 is 1.77 bits per heavy atom. The summed E-state index contributed by atoms with van der Waals surface area (Å²) in [5.74, 6) is -2.16. The second-order valence-corrected chi connectivity index (χ2v) is 8.57. The summed E-state index contributed by atoms with van der Waals surface area (Å²) in [5.41, 5.74) is 2.31. The van der Waals surface area contributed by atoms with E-state index >= 15 is 0 Å². The number of hydrogen-bond donors (Lipinski definition) is 2. The number of nitrogens with zero attached hydrogens (tertiary/aromatic N) is 1. The number of amides is 4. The van der Waals surface area contributed by atoms with Crippen LogP contribution in [0.15, 0.2) is 76.8 Å². The number of ether oxygens (including phenoxy) is 1. The molecule has 0 radical (unpaired) electrons. The summed E-state index contributed by atoms with van der Waals surface area (Å²) in [4.78, 5) is 50.2. The molecule has 0 atom stereocenters. The van der Waals surface area contributed by atoms with Crippen LogP contribution in [0.2, 0.25) is 0 Å². The van der Waals surface area contributed by atoms with E-state index in [2.05, 4.69) is 21.2 Å². The molecule has 1 aliphatic heterocycles. The molecule has 0 saturated carbocycles. The average Bonchev–Trinajstić information content (AvgIpc) is 2.83.